The minimum atomic E-state index is -0.440. The molecule has 126 valence electrons. The molecule has 1 fully saturated rings. The van der Waals surface area contributed by atoms with Gasteiger partial charge < -0.3 is 14.2 Å². The second kappa shape index (κ2) is 6.51. The molecule has 0 N–H and O–H groups in total. The third kappa shape index (κ3) is 3.20. The lowest BCUT2D eigenvalue weighted by atomic mass is 10.2. The zero-order valence-corrected chi connectivity index (χ0v) is 14.3. The SMILES string of the molecule is Cc1cc(C(=O)OCC(=O)N(C)c2ccccc2)c(C)n1C1CC1. The highest BCUT2D eigenvalue weighted by Gasteiger charge is 2.29. The summed E-state index contributed by atoms with van der Waals surface area (Å²) in [5.74, 6) is -0.699. The molecule has 5 heteroatoms. The van der Waals surface area contributed by atoms with E-state index in [1.165, 1.54) is 4.90 Å². The highest BCUT2D eigenvalue weighted by Crippen LogP contribution is 2.38. The van der Waals surface area contributed by atoms with Crippen LogP contribution in [-0.2, 0) is 9.53 Å². The number of amides is 1. The number of hydrogen-bond acceptors (Lipinski definition) is 3. The predicted molar refractivity (Wildman–Crippen MR) is 92.3 cm³/mol. The standard InChI is InChI=1S/C19H22N2O3/c1-13-11-17(14(2)21(13)16-9-10-16)19(23)24-12-18(22)20(3)15-7-5-4-6-8-15/h4-8,11,16H,9-10,12H2,1-3H3. The van der Waals surface area contributed by atoms with Crippen LogP contribution in [0.2, 0.25) is 0 Å². The number of carbonyl (C=O) groups excluding carboxylic acids is 2. The Morgan fingerprint density at radius 2 is 1.88 bits per heavy atom. The lowest BCUT2D eigenvalue weighted by molar-refractivity contribution is -0.121. The van der Waals surface area contributed by atoms with Crippen LogP contribution in [0.3, 0.4) is 0 Å². The third-order valence-corrected chi connectivity index (χ3v) is 4.46. The molecule has 1 aliphatic rings. The number of esters is 1. The average Bonchev–Trinajstić information content (AvgIpc) is 3.37. The van der Waals surface area contributed by atoms with E-state index in [1.807, 2.05) is 50.2 Å². The van der Waals surface area contributed by atoms with E-state index in [4.69, 9.17) is 4.74 Å². The van der Waals surface area contributed by atoms with Crippen molar-refractivity contribution in [3.8, 4) is 0 Å². The molecule has 0 unspecified atom stereocenters. The van der Waals surface area contributed by atoms with Gasteiger partial charge in [0, 0.05) is 30.2 Å². The molecule has 0 saturated heterocycles. The molecule has 5 nitrogen and oxygen atoms in total. The number of carbonyl (C=O) groups is 2. The van der Waals surface area contributed by atoms with Gasteiger partial charge in [-0.25, -0.2) is 4.79 Å². The van der Waals surface area contributed by atoms with E-state index in [2.05, 4.69) is 4.57 Å². The molecule has 0 radical (unpaired) electrons. The number of benzene rings is 1. The molecule has 1 aromatic carbocycles. The Morgan fingerprint density at radius 3 is 2.50 bits per heavy atom. The van der Waals surface area contributed by atoms with Crippen LogP contribution in [0.15, 0.2) is 36.4 Å². The van der Waals surface area contributed by atoms with Crippen molar-refractivity contribution in [1.82, 2.24) is 4.57 Å². The first-order valence-electron chi connectivity index (χ1n) is 8.16. The van der Waals surface area contributed by atoms with Gasteiger partial charge in [-0.05, 0) is 44.9 Å². The first-order valence-corrected chi connectivity index (χ1v) is 8.16. The molecule has 24 heavy (non-hydrogen) atoms. The Bertz CT molecular complexity index is 760. The minimum Gasteiger partial charge on any atom is -0.452 e. The van der Waals surface area contributed by atoms with Crippen LogP contribution in [0, 0.1) is 13.8 Å². The lowest BCUT2D eigenvalue weighted by Gasteiger charge is -2.17. The van der Waals surface area contributed by atoms with Gasteiger partial charge in [0.1, 0.15) is 0 Å². The fourth-order valence-corrected chi connectivity index (χ4v) is 2.98. The monoisotopic (exact) mass is 326 g/mol. The molecule has 1 amide bonds. The summed E-state index contributed by atoms with van der Waals surface area (Å²) in [7, 11) is 1.67. The predicted octanol–water partition coefficient (Wildman–Crippen LogP) is 3.26. The van der Waals surface area contributed by atoms with Crippen LogP contribution in [0.5, 0.6) is 0 Å². The van der Waals surface area contributed by atoms with Crippen molar-refractivity contribution in [2.75, 3.05) is 18.6 Å². The van der Waals surface area contributed by atoms with Crippen LogP contribution in [0.1, 0.15) is 40.6 Å². The number of anilines is 1. The number of para-hydroxylation sites is 1. The molecule has 0 spiro atoms. The molecular formula is C19H22N2O3. The van der Waals surface area contributed by atoms with Gasteiger partial charge in [-0.1, -0.05) is 18.2 Å². The van der Waals surface area contributed by atoms with Crippen molar-refractivity contribution >= 4 is 17.6 Å². The largest absolute Gasteiger partial charge is 0.452 e. The number of aryl methyl sites for hydroxylation is 1. The second-order valence-electron chi connectivity index (χ2n) is 6.25. The quantitative estimate of drug-likeness (QED) is 0.793. The molecule has 1 aliphatic carbocycles. The van der Waals surface area contributed by atoms with Crippen LogP contribution in [0.4, 0.5) is 5.69 Å². The maximum absolute atomic E-state index is 12.3. The summed E-state index contributed by atoms with van der Waals surface area (Å²) in [6.45, 7) is 3.66. The van der Waals surface area contributed by atoms with Gasteiger partial charge in [-0.15, -0.1) is 0 Å². The Labute approximate surface area is 141 Å². The fourth-order valence-electron chi connectivity index (χ4n) is 2.98. The van der Waals surface area contributed by atoms with Crippen molar-refractivity contribution in [3.63, 3.8) is 0 Å². The zero-order valence-electron chi connectivity index (χ0n) is 14.3. The zero-order chi connectivity index (χ0) is 17.3. The van der Waals surface area contributed by atoms with Crippen molar-refractivity contribution in [2.45, 2.75) is 32.7 Å². The van der Waals surface area contributed by atoms with E-state index in [0.717, 1.165) is 29.9 Å². The molecule has 0 aliphatic heterocycles. The summed E-state index contributed by atoms with van der Waals surface area (Å²) >= 11 is 0. The summed E-state index contributed by atoms with van der Waals surface area (Å²) in [6.07, 6.45) is 2.32. The maximum Gasteiger partial charge on any atom is 0.340 e. The molecule has 3 rings (SSSR count). The van der Waals surface area contributed by atoms with Crippen LogP contribution < -0.4 is 4.90 Å². The van der Waals surface area contributed by atoms with Crippen molar-refractivity contribution in [3.05, 3.63) is 53.3 Å². The van der Waals surface area contributed by atoms with E-state index in [1.54, 1.807) is 7.05 Å². The van der Waals surface area contributed by atoms with Crippen LogP contribution >= 0.6 is 0 Å². The number of ether oxygens (including phenoxy) is 1. The van der Waals surface area contributed by atoms with Gasteiger partial charge in [-0.2, -0.15) is 0 Å². The van der Waals surface area contributed by atoms with Gasteiger partial charge >= 0.3 is 5.97 Å². The summed E-state index contributed by atoms with van der Waals surface area (Å²) in [4.78, 5) is 26.0. The van der Waals surface area contributed by atoms with Crippen LogP contribution in [0.25, 0.3) is 0 Å². The van der Waals surface area contributed by atoms with Gasteiger partial charge in [0.15, 0.2) is 6.61 Å². The van der Waals surface area contributed by atoms with Gasteiger partial charge in [0.25, 0.3) is 5.91 Å². The molecule has 1 aromatic heterocycles. The Hall–Kier alpha value is -2.56. The molecular weight excluding hydrogens is 304 g/mol. The first-order chi connectivity index (χ1) is 11.5. The lowest BCUT2D eigenvalue weighted by Crippen LogP contribution is -2.31. The number of likely N-dealkylation sites (N-methyl/N-ethyl adjacent to an activating group) is 1. The average molecular weight is 326 g/mol. The molecule has 0 bridgehead atoms. The van der Waals surface area contributed by atoms with Crippen molar-refractivity contribution in [2.24, 2.45) is 0 Å². The maximum atomic E-state index is 12.3. The van der Waals surface area contributed by atoms with Gasteiger partial charge in [0.2, 0.25) is 0 Å². The van der Waals surface area contributed by atoms with E-state index in [0.29, 0.717) is 11.6 Å². The number of hydrogen-bond donors (Lipinski definition) is 0. The summed E-state index contributed by atoms with van der Waals surface area (Å²) < 4.78 is 7.43. The highest BCUT2D eigenvalue weighted by atomic mass is 16.5. The Kier molecular flexibility index (Phi) is 4.42. The molecule has 0 atom stereocenters. The summed E-state index contributed by atoms with van der Waals surface area (Å²) in [5.41, 5.74) is 3.30. The highest BCUT2D eigenvalue weighted by molar-refractivity contribution is 5.97. The summed E-state index contributed by atoms with van der Waals surface area (Å²) in [5, 5.41) is 0. The number of aromatic nitrogens is 1. The van der Waals surface area contributed by atoms with E-state index in [9.17, 15) is 9.59 Å². The Balaban J connectivity index is 1.63. The van der Waals surface area contributed by atoms with Crippen LogP contribution in [-0.4, -0.2) is 30.1 Å². The van der Waals surface area contributed by atoms with E-state index < -0.39 is 5.97 Å². The fraction of sp³-hybridized carbons (Fsp3) is 0.368. The third-order valence-electron chi connectivity index (χ3n) is 4.46. The van der Waals surface area contributed by atoms with E-state index in [-0.39, 0.29) is 12.5 Å². The topological polar surface area (TPSA) is 51.5 Å². The van der Waals surface area contributed by atoms with Gasteiger partial charge in [0.05, 0.1) is 5.56 Å². The number of nitrogens with zero attached hydrogens (tertiary/aromatic N) is 2. The molecule has 1 saturated carbocycles. The normalized spacial score (nSPS) is 13.6. The van der Waals surface area contributed by atoms with E-state index >= 15 is 0 Å². The molecule has 1 heterocycles. The van der Waals surface area contributed by atoms with Crippen molar-refractivity contribution in [1.29, 1.82) is 0 Å². The number of rotatable bonds is 5. The van der Waals surface area contributed by atoms with Crippen molar-refractivity contribution < 1.29 is 14.3 Å². The van der Waals surface area contributed by atoms with Gasteiger partial charge in [-0.3, -0.25) is 4.79 Å². The first kappa shape index (κ1) is 16.3. The minimum absolute atomic E-state index is 0.259. The molecule has 2 aromatic rings. The summed E-state index contributed by atoms with van der Waals surface area (Å²) in [6, 6.07) is 11.6. The smallest absolute Gasteiger partial charge is 0.340 e. The Morgan fingerprint density at radius 1 is 1.21 bits per heavy atom. The second-order valence-corrected chi connectivity index (χ2v) is 6.25.